The Labute approximate surface area is 113 Å². The molecule has 19 heavy (non-hydrogen) atoms. The quantitative estimate of drug-likeness (QED) is 0.596. The van der Waals surface area contributed by atoms with E-state index in [4.69, 9.17) is 17.4 Å². The van der Waals surface area contributed by atoms with Crippen LogP contribution in [0.5, 0.6) is 0 Å². The first-order valence-electron chi connectivity index (χ1n) is 5.29. The molecule has 0 fully saturated rings. The topological polar surface area (TPSA) is 80.0 Å². The highest BCUT2D eigenvalue weighted by atomic mass is 35.5. The van der Waals surface area contributed by atoms with Crippen molar-refractivity contribution in [2.45, 2.75) is 0 Å². The van der Waals surface area contributed by atoms with Gasteiger partial charge in [0.2, 0.25) is 0 Å². The predicted molar refractivity (Wildman–Crippen MR) is 71.4 cm³/mol. The summed E-state index contributed by atoms with van der Waals surface area (Å²) in [5.41, 5.74) is 2.99. The van der Waals surface area contributed by atoms with Gasteiger partial charge in [-0.2, -0.15) is 0 Å². The molecule has 1 aromatic heterocycles. The summed E-state index contributed by atoms with van der Waals surface area (Å²) < 4.78 is 13.2. The molecule has 0 saturated heterocycles. The van der Waals surface area contributed by atoms with Crippen LogP contribution in [-0.4, -0.2) is 10.9 Å². The first-order chi connectivity index (χ1) is 9.10. The van der Waals surface area contributed by atoms with Gasteiger partial charge < -0.3 is 10.7 Å². The molecule has 0 spiro atoms. The molecule has 0 aliphatic carbocycles. The first kappa shape index (κ1) is 13.3. The van der Waals surface area contributed by atoms with E-state index in [0.717, 1.165) is 6.07 Å². The van der Waals surface area contributed by atoms with Gasteiger partial charge in [0.25, 0.3) is 5.91 Å². The van der Waals surface area contributed by atoms with Crippen molar-refractivity contribution in [2.24, 2.45) is 5.84 Å². The van der Waals surface area contributed by atoms with Gasteiger partial charge in [0.15, 0.2) is 0 Å². The number of nitrogens with zero attached hydrogens (tertiary/aromatic N) is 1. The smallest absolute Gasteiger partial charge is 0.257 e. The van der Waals surface area contributed by atoms with E-state index >= 15 is 0 Å². The van der Waals surface area contributed by atoms with Crippen molar-refractivity contribution >= 4 is 29.0 Å². The molecule has 0 aliphatic rings. The van der Waals surface area contributed by atoms with Crippen molar-refractivity contribution in [1.29, 1.82) is 0 Å². The lowest BCUT2D eigenvalue weighted by atomic mass is 10.2. The van der Waals surface area contributed by atoms with Crippen molar-refractivity contribution in [1.82, 2.24) is 4.98 Å². The normalized spacial score (nSPS) is 10.1. The van der Waals surface area contributed by atoms with Gasteiger partial charge in [0.1, 0.15) is 11.6 Å². The largest absolute Gasteiger partial charge is 0.322 e. The Kier molecular flexibility index (Phi) is 3.94. The van der Waals surface area contributed by atoms with Crippen molar-refractivity contribution in [3.8, 4) is 0 Å². The van der Waals surface area contributed by atoms with E-state index in [2.05, 4.69) is 15.7 Å². The van der Waals surface area contributed by atoms with Crippen LogP contribution in [0.2, 0.25) is 5.02 Å². The van der Waals surface area contributed by atoms with Gasteiger partial charge in [-0.3, -0.25) is 4.79 Å². The van der Waals surface area contributed by atoms with Crippen LogP contribution in [0.1, 0.15) is 10.4 Å². The first-order valence-corrected chi connectivity index (χ1v) is 5.67. The second kappa shape index (κ2) is 5.64. The maximum Gasteiger partial charge on any atom is 0.257 e. The van der Waals surface area contributed by atoms with E-state index in [1.165, 1.54) is 18.3 Å². The summed E-state index contributed by atoms with van der Waals surface area (Å²) in [5.74, 6) is 4.60. The van der Waals surface area contributed by atoms with E-state index < -0.39 is 11.7 Å². The van der Waals surface area contributed by atoms with E-state index in [1.54, 1.807) is 12.1 Å². The Balaban J connectivity index is 2.13. The number of hydrazine groups is 1. The lowest BCUT2D eigenvalue weighted by Gasteiger charge is -2.06. The molecular formula is C12H10ClFN4O. The average molecular weight is 281 g/mol. The van der Waals surface area contributed by atoms with Crippen LogP contribution in [0.15, 0.2) is 36.5 Å². The maximum absolute atomic E-state index is 13.2. The third-order valence-electron chi connectivity index (χ3n) is 2.35. The monoisotopic (exact) mass is 280 g/mol. The molecule has 4 N–H and O–H groups in total. The van der Waals surface area contributed by atoms with Crippen LogP contribution in [0.3, 0.4) is 0 Å². The minimum absolute atomic E-state index is 0.00182. The minimum atomic E-state index is -0.597. The number of nitrogens with two attached hydrogens (primary N) is 1. The number of carbonyl (C=O) groups is 1. The molecule has 2 aromatic rings. The van der Waals surface area contributed by atoms with Crippen LogP contribution >= 0.6 is 11.6 Å². The summed E-state index contributed by atoms with van der Waals surface area (Å²) >= 11 is 5.55. The lowest BCUT2D eigenvalue weighted by molar-refractivity contribution is 0.102. The second-order valence-corrected chi connectivity index (χ2v) is 4.07. The standard InChI is InChI=1S/C12H10ClFN4O/c13-9-3-2-8(5-10(9)14)17-12(19)7-1-4-11(18-15)16-6-7/h1-6H,15H2,(H,16,18)(H,17,19). The third-order valence-corrected chi connectivity index (χ3v) is 2.66. The molecule has 98 valence electrons. The van der Waals surface area contributed by atoms with Gasteiger partial charge in [-0.05, 0) is 30.3 Å². The van der Waals surface area contributed by atoms with Gasteiger partial charge in [-0.15, -0.1) is 0 Å². The maximum atomic E-state index is 13.2. The van der Waals surface area contributed by atoms with Gasteiger partial charge in [-0.25, -0.2) is 15.2 Å². The van der Waals surface area contributed by atoms with Crippen LogP contribution in [0.25, 0.3) is 0 Å². The average Bonchev–Trinajstić information content (AvgIpc) is 2.43. The fourth-order valence-electron chi connectivity index (χ4n) is 1.39. The number of hydrogen-bond acceptors (Lipinski definition) is 4. The Morgan fingerprint density at radius 2 is 2.11 bits per heavy atom. The number of carbonyl (C=O) groups excluding carboxylic acids is 1. The molecule has 7 heteroatoms. The molecule has 1 heterocycles. The van der Waals surface area contributed by atoms with E-state index in [-0.39, 0.29) is 5.02 Å². The zero-order chi connectivity index (χ0) is 13.8. The number of anilines is 2. The molecule has 0 aliphatic heterocycles. The Morgan fingerprint density at radius 1 is 1.32 bits per heavy atom. The Bertz CT molecular complexity index is 603. The summed E-state index contributed by atoms with van der Waals surface area (Å²) in [4.78, 5) is 15.8. The Hall–Kier alpha value is -2.18. The molecule has 0 atom stereocenters. The molecule has 1 amide bonds. The zero-order valence-corrected chi connectivity index (χ0v) is 10.4. The van der Waals surface area contributed by atoms with E-state index in [1.807, 2.05) is 0 Å². The number of aromatic nitrogens is 1. The molecule has 0 bridgehead atoms. The predicted octanol–water partition coefficient (Wildman–Crippen LogP) is 2.41. The number of benzene rings is 1. The summed E-state index contributed by atoms with van der Waals surface area (Å²) in [7, 11) is 0. The van der Waals surface area contributed by atoms with Crippen molar-refractivity contribution < 1.29 is 9.18 Å². The second-order valence-electron chi connectivity index (χ2n) is 3.66. The fraction of sp³-hybridized carbons (Fsp3) is 0. The summed E-state index contributed by atoms with van der Waals surface area (Å²) in [5, 5.41) is 2.53. The minimum Gasteiger partial charge on any atom is -0.322 e. The van der Waals surface area contributed by atoms with E-state index in [9.17, 15) is 9.18 Å². The molecule has 0 unspecified atom stereocenters. The third kappa shape index (κ3) is 3.18. The van der Waals surface area contributed by atoms with Crippen LogP contribution in [0, 0.1) is 5.82 Å². The molecule has 0 saturated carbocycles. The number of nitrogens with one attached hydrogen (secondary N) is 2. The summed E-state index contributed by atoms with van der Waals surface area (Å²) in [6, 6.07) is 7.11. The lowest BCUT2D eigenvalue weighted by Crippen LogP contribution is -2.13. The van der Waals surface area contributed by atoms with Crippen molar-refractivity contribution in [3.63, 3.8) is 0 Å². The van der Waals surface area contributed by atoms with Gasteiger partial charge in [0, 0.05) is 11.9 Å². The molecule has 2 rings (SSSR count). The number of rotatable bonds is 3. The summed E-state index contributed by atoms with van der Waals surface area (Å²) in [6.07, 6.45) is 1.36. The van der Waals surface area contributed by atoms with Crippen molar-refractivity contribution in [3.05, 3.63) is 52.9 Å². The van der Waals surface area contributed by atoms with Gasteiger partial charge in [-0.1, -0.05) is 11.6 Å². The van der Waals surface area contributed by atoms with Gasteiger partial charge in [0.05, 0.1) is 10.6 Å². The highest BCUT2D eigenvalue weighted by molar-refractivity contribution is 6.30. The highest BCUT2D eigenvalue weighted by Gasteiger charge is 2.08. The molecule has 1 aromatic carbocycles. The molecular weight excluding hydrogens is 271 g/mol. The SMILES string of the molecule is NNc1ccc(C(=O)Nc2ccc(Cl)c(F)c2)cn1. The van der Waals surface area contributed by atoms with Crippen LogP contribution in [0.4, 0.5) is 15.9 Å². The van der Waals surface area contributed by atoms with Crippen LogP contribution < -0.4 is 16.6 Å². The number of halogens is 2. The highest BCUT2D eigenvalue weighted by Crippen LogP contribution is 2.19. The zero-order valence-electron chi connectivity index (χ0n) is 9.65. The van der Waals surface area contributed by atoms with Crippen LogP contribution in [-0.2, 0) is 0 Å². The molecule has 0 radical (unpaired) electrons. The number of nitrogen functional groups attached to an aromatic ring is 1. The fourth-order valence-corrected chi connectivity index (χ4v) is 1.51. The Morgan fingerprint density at radius 3 is 2.68 bits per heavy atom. The number of hydrogen-bond donors (Lipinski definition) is 3. The summed E-state index contributed by atoms with van der Waals surface area (Å²) in [6.45, 7) is 0. The molecule has 5 nitrogen and oxygen atoms in total. The number of amides is 1. The van der Waals surface area contributed by atoms with Gasteiger partial charge >= 0.3 is 0 Å². The van der Waals surface area contributed by atoms with Crippen molar-refractivity contribution in [2.75, 3.05) is 10.7 Å². The number of pyridine rings is 1. The van der Waals surface area contributed by atoms with E-state index in [0.29, 0.717) is 17.1 Å².